The number of hydrogen-bond donors (Lipinski definition) is 2. The minimum atomic E-state index is -0.225. The number of nitrogens with one attached hydrogen (secondary N) is 2. The molecule has 1 saturated heterocycles. The maximum atomic E-state index is 12.8. The van der Waals surface area contributed by atoms with E-state index in [9.17, 15) is 14.4 Å². The first-order valence-corrected chi connectivity index (χ1v) is 10.8. The maximum Gasteiger partial charge on any atom is 0.265 e. The number of para-hydroxylation sites is 1. The van der Waals surface area contributed by atoms with Gasteiger partial charge in [0.15, 0.2) is 0 Å². The van der Waals surface area contributed by atoms with Crippen molar-refractivity contribution in [1.29, 1.82) is 0 Å². The van der Waals surface area contributed by atoms with Gasteiger partial charge in [-0.1, -0.05) is 32.0 Å². The first-order valence-electron chi connectivity index (χ1n) is 9.96. The molecule has 1 aliphatic rings. The second kappa shape index (κ2) is 9.69. The molecule has 0 radical (unpaired) electrons. The number of amides is 3. The molecule has 7 heteroatoms. The van der Waals surface area contributed by atoms with E-state index >= 15 is 0 Å². The van der Waals surface area contributed by atoms with Gasteiger partial charge >= 0.3 is 0 Å². The Hall–Kier alpha value is -2.67. The molecule has 2 aromatic rings. The average Bonchev–Trinajstić information content (AvgIpc) is 3.23. The van der Waals surface area contributed by atoms with Crippen LogP contribution in [0.5, 0.6) is 0 Å². The summed E-state index contributed by atoms with van der Waals surface area (Å²) >= 11 is 1.35. The van der Waals surface area contributed by atoms with Crippen LogP contribution >= 0.6 is 11.3 Å². The second-order valence-corrected chi connectivity index (χ2v) is 8.65. The predicted octanol–water partition coefficient (Wildman–Crippen LogP) is 3.77. The molecule has 1 aromatic carbocycles. The van der Waals surface area contributed by atoms with Gasteiger partial charge in [-0.3, -0.25) is 14.4 Å². The molecule has 2 heterocycles. The summed E-state index contributed by atoms with van der Waals surface area (Å²) in [6.45, 7) is 5.40. The summed E-state index contributed by atoms with van der Waals surface area (Å²) in [5.41, 5.74) is 0.934. The number of benzene rings is 1. The fourth-order valence-electron chi connectivity index (χ4n) is 3.40. The zero-order valence-electron chi connectivity index (χ0n) is 16.8. The minimum absolute atomic E-state index is 0.0200. The van der Waals surface area contributed by atoms with E-state index in [1.165, 1.54) is 11.3 Å². The van der Waals surface area contributed by atoms with Crippen molar-refractivity contribution in [3.63, 3.8) is 0 Å². The molecule has 6 nitrogen and oxygen atoms in total. The van der Waals surface area contributed by atoms with E-state index in [0.717, 1.165) is 12.8 Å². The summed E-state index contributed by atoms with van der Waals surface area (Å²) in [6, 6.07) is 10.6. The summed E-state index contributed by atoms with van der Waals surface area (Å²) in [5.74, 6) is 0.100. The number of thiophene rings is 1. The zero-order chi connectivity index (χ0) is 20.8. The first-order chi connectivity index (χ1) is 13.9. The van der Waals surface area contributed by atoms with Crippen LogP contribution in [0, 0.1) is 5.92 Å². The van der Waals surface area contributed by atoms with Crippen LogP contribution < -0.4 is 10.6 Å². The van der Waals surface area contributed by atoms with Gasteiger partial charge in [-0.05, 0) is 42.3 Å². The van der Waals surface area contributed by atoms with Gasteiger partial charge in [0.2, 0.25) is 5.91 Å². The Kier molecular flexibility index (Phi) is 7.04. The quantitative estimate of drug-likeness (QED) is 0.757. The molecule has 29 heavy (non-hydrogen) atoms. The highest BCUT2D eigenvalue weighted by molar-refractivity contribution is 7.12. The molecule has 0 atom stereocenters. The lowest BCUT2D eigenvalue weighted by Crippen LogP contribution is -2.46. The Balaban J connectivity index is 1.58. The number of likely N-dealkylation sites (tertiary alicyclic amines) is 1. The number of nitrogens with zero attached hydrogens (tertiary/aromatic N) is 1. The van der Waals surface area contributed by atoms with Crippen LogP contribution in [0.15, 0.2) is 41.8 Å². The first kappa shape index (κ1) is 21.0. The molecular weight excluding hydrogens is 386 g/mol. The van der Waals surface area contributed by atoms with Crippen molar-refractivity contribution in [2.45, 2.75) is 39.2 Å². The third-order valence-corrected chi connectivity index (χ3v) is 5.80. The number of carbonyl (C=O) groups excluding carboxylic acids is 3. The van der Waals surface area contributed by atoms with Gasteiger partial charge in [-0.15, -0.1) is 11.3 Å². The SMILES string of the molecule is CC(C)CC(=O)N1CCC(NC(=O)c2ccccc2NC(=O)c2cccs2)CC1. The van der Waals surface area contributed by atoms with Crippen LogP contribution in [0.25, 0.3) is 0 Å². The molecule has 0 bridgehead atoms. The minimum Gasteiger partial charge on any atom is -0.349 e. The molecule has 0 saturated carbocycles. The highest BCUT2D eigenvalue weighted by Gasteiger charge is 2.25. The van der Waals surface area contributed by atoms with Crippen molar-refractivity contribution >= 4 is 34.7 Å². The molecule has 3 amide bonds. The van der Waals surface area contributed by atoms with Gasteiger partial charge < -0.3 is 15.5 Å². The van der Waals surface area contributed by atoms with Crippen LogP contribution in [0.4, 0.5) is 5.69 Å². The highest BCUT2D eigenvalue weighted by atomic mass is 32.1. The molecule has 1 aliphatic heterocycles. The van der Waals surface area contributed by atoms with Crippen molar-refractivity contribution in [2.24, 2.45) is 5.92 Å². The fourth-order valence-corrected chi connectivity index (χ4v) is 4.02. The Morgan fingerprint density at radius 2 is 1.79 bits per heavy atom. The summed E-state index contributed by atoms with van der Waals surface area (Å²) < 4.78 is 0. The Morgan fingerprint density at radius 3 is 2.45 bits per heavy atom. The Morgan fingerprint density at radius 1 is 1.07 bits per heavy atom. The van der Waals surface area contributed by atoms with Crippen molar-refractivity contribution in [3.8, 4) is 0 Å². The van der Waals surface area contributed by atoms with Gasteiger partial charge in [0.1, 0.15) is 0 Å². The van der Waals surface area contributed by atoms with E-state index in [0.29, 0.717) is 41.6 Å². The van der Waals surface area contributed by atoms with Crippen molar-refractivity contribution in [3.05, 3.63) is 52.2 Å². The molecule has 0 spiro atoms. The van der Waals surface area contributed by atoms with Gasteiger partial charge in [0.05, 0.1) is 16.1 Å². The van der Waals surface area contributed by atoms with Crippen LogP contribution in [0.3, 0.4) is 0 Å². The third kappa shape index (κ3) is 5.67. The molecule has 0 unspecified atom stereocenters. The lowest BCUT2D eigenvalue weighted by molar-refractivity contribution is -0.133. The van der Waals surface area contributed by atoms with Crippen LogP contribution in [0.2, 0.25) is 0 Å². The van der Waals surface area contributed by atoms with Crippen LogP contribution in [-0.2, 0) is 4.79 Å². The predicted molar refractivity (Wildman–Crippen MR) is 115 cm³/mol. The van der Waals surface area contributed by atoms with Gasteiger partial charge in [-0.25, -0.2) is 0 Å². The second-order valence-electron chi connectivity index (χ2n) is 7.70. The van der Waals surface area contributed by atoms with Gasteiger partial charge in [0.25, 0.3) is 11.8 Å². The molecule has 154 valence electrons. The fraction of sp³-hybridized carbons (Fsp3) is 0.409. The summed E-state index contributed by atoms with van der Waals surface area (Å²) in [6.07, 6.45) is 2.03. The normalized spacial score (nSPS) is 14.7. The summed E-state index contributed by atoms with van der Waals surface area (Å²) in [5, 5.41) is 7.73. The third-order valence-electron chi connectivity index (χ3n) is 4.93. The lowest BCUT2D eigenvalue weighted by atomic mass is 10.0. The maximum absolute atomic E-state index is 12.8. The molecular formula is C22H27N3O3S. The van der Waals surface area contributed by atoms with E-state index in [1.807, 2.05) is 30.2 Å². The average molecular weight is 414 g/mol. The van der Waals surface area contributed by atoms with Crippen molar-refractivity contribution in [2.75, 3.05) is 18.4 Å². The number of piperidine rings is 1. The number of rotatable bonds is 6. The van der Waals surface area contributed by atoms with E-state index in [2.05, 4.69) is 10.6 Å². The smallest absolute Gasteiger partial charge is 0.265 e. The molecule has 1 fully saturated rings. The standard InChI is InChI=1S/C22H27N3O3S/c1-15(2)14-20(26)25-11-9-16(10-12-25)23-21(27)17-6-3-4-7-18(17)24-22(28)19-8-5-13-29-19/h3-8,13,15-16H,9-12,14H2,1-2H3,(H,23,27)(H,24,28). The number of anilines is 1. The van der Waals surface area contributed by atoms with Crippen LogP contribution in [0.1, 0.15) is 53.1 Å². The van der Waals surface area contributed by atoms with Gasteiger partial charge in [0, 0.05) is 25.6 Å². The largest absolute Gasteiger partial charge is 0.349 e. The Bertz CT molecular complexity index is 856. The molecule has 2 N–H and O–H groups in total. The monoisotopic (exact) mass is 413 g/mol. The van der Waals surface area contributed by atoms with E-state index in [-0.39, 0.29) is 23.8 Å². The zero-order valence-corrected chi connectivity index (χ0v) is 17.6. The Labute approximate surface area is 175 Å². The molecule has 0 aliphatic carbocycles. The highest BCUT2D eigenvalue weighted by Crippen LogP contribution is 2.19. The topological polar surface area (TPSA) is 78.5 Å². The van der Waals surface area contributed by atoms with E-state index in [4.69, 9.17) is 0 Å². The molecule has 3 rings (SSSR count). The summed E-state index contributed by atoms with van der Waals surface area (Å²) in [4.78, 5) is 39.9. The number of carbonyl (C=O) groups is 3. The summed E-state index contributed by atoms with van der Waals surface area (Å²) in [7, 11) is 0. The van der Waals surface area contributed by atoms with E-state index < -0.39 is 0 Å². The van der Waals surface area contributed by atoms with Gasteiger partial charge in [-0.2, -0.15) is 0 Å². The van der Waals surface area contributed by atoms with E-state index in [1.54, 1.807) is 30.3 Å². The molecule has 1 aromatic heterocycles. The lowest BCUT2D eigenvalue weighted by Gasteiger charge is -2.33. The van der Waals surface area contributed by atoms with Crippen LogP contribution in [-0.4, -0.2) is 41.8 Å². The van der Waals surface area contributed by atoms with Crippen molar-refractivity contribution < 1.29 is 14.4 Å². The van der Waals surface area contributed by atoms with Crippen molar-refractivity contribution in [1.82, 2.24) is 10.2 Å². The number of hydrogen-bond acceptors (Lipinski definition) is 4.